The molecule has 1 aromatic heterocycles. The third-order valence-electron chi connectivity index (χ3n) is 2.22. The zero-order chi connectivity index (χ0) is 13.8. The summed E-state index contributed by atoms with van der Waals surface area (Å²) >= 11 is 0. The number of aromatic nitrogens is 2. The maximum atomic E-state index is 5.62. The van der Waals surface area contributed by atoms with Crippen molar-refractivity contribution < 1.29 is 0 Å². The first kappa shape index (κ1) is 14.2. The molecule has 0 spiro atoms. The summed E-state index contributed by atoms with van der Waals surface area (Å²) in [5.74, 6) is 0.608. The van der Waals surface area contributed by atoms with Gasteiger partial charge in [-0.05, 0) is 17.9 Å². The Kier molecular flexibility index (Phi) is 4.42. The molecule has 4 N–H and O–H groups in total. The highest BCUT2D eigenvalue weighted by atomic mass is 15.1. The average molecular weight is 247 g/mol. The summed E-state index contributed by atoms with van der Waals surface area (Å²) in [7, 11) is 0. The van der Waals surface area contributed by atoms with E-state index >= 15 is 0 Å². The van der Waals surface area contributed by atoms with E-state index in [-0.39, 0.29) is 11.2 Å². The van der Waals surface area contributed by atoms with E-state index in [0.717, 1.165) is 12.1 Å². The van der Waals surface area contributed by atoms with Gasteiger partial charge in [-0.3, -0.25) is 0 Å². The molecule has 1 aromatic rings. The van der Waals surface area contributed by atoms with Gasteiger partial charge in [-0.15, -0.1) is 0 Å². The van der Waals surface area contributed by atoms with Gasteiger partial charge in [-0.25, -0.2) is 9.98 Å². The lowest BCUT2D eigenvalue weighted by Crippen LogP contribution is -2.02. The van der Waals surface area contributed by atoms with Crippen molar-refractivity contribution in [1.29, 1.82) is 0 Å². The van der Waals surface area contributed by atoms with Crippen LogP contribution in [0.25, 0.3) is 0 Å². The zero-order valence-corrected chi connectivity index (χ0v) is 11.4. The van der Waals surface area contributed by atoms with Crippen LogP contribution in [0.2, 0.25) is 0 Å². The number of hydrogen-bond donors (Lipinski definition) is 2. The fraction of sp³-hybridized carbons (Fsp3) is 0.462. The normalized spacial score (nSPS) is 13.2. The van der Waals surface area contributed by atoms with Crippen LogP contribution in [0.5, 0.6) is 0 Å². The molecule has 0 aromatic carbocycles. The molecule has 0 unspecified atom stereocenters. The second kappa shape index (κ2) is 5.62. The van der Waals surface area contributed by atoms with Crippen molar-refractivity contribution in [2.75, 3.05) is 11.5 Å². The van der Waals surface area contributed by atoms with Gasteiger partial charge in [-0.1, -0.05) is 33.8 Å². The number of hydrogen-bond acceptors (Lipinski definition) is 5. The third-order valence-corrected chi connectivity index (χ3v) is 2.22. The first-order chi connectivity index (χ1) is 8.31. The fourth-order valence-corrected chi connectivity index (χ4v) is 1.16. The van der Waals surface area contributed by atoms with Gasteiger partial charge in [-0.2, -0.15) is 4.98 Å². The van der Waals surface area contributed by atoms with Crippen LogP contribution in [-0.4, -0.2) is 15.7 Å². The molecule has 0 amide bonds. The van der Waals surface area contributed by atoms with Crippen LogP contribution in [0, 0.1) is 5.41 Å². The topological polar surface area (TPSA) is 90.2 Å². The predicted molar refractivity (Wildman–Crippen MR) is 76.8 cm³/mol. The fourth-order valence-electron chi connectivity index (χ4n) is 1.16. The standard InChI is InChI=1S/C13H21N5/c1-5-9(6-7-13(2,3)4)17-12-16-8-10(14)11(15)18-12/h6-8H,5,14H2,1-4H3,(H2,15,16,18). The lowest BCUT2D eigenvalue weighted by Gasteiger charge is -2.11. The lowest BCUT2D eigenvalue weighted by molar-refractivity contribution is 0.544. The largest absolute Gasteiger partial charge is 0.394 e. The summed E-state index contributed by atoms with van der Waals surface area (Å²) in [6, 6.07) is 0. The molecule has 5 nitrogen and oxygen atoms in total. The highest BCUT2D eigenvalue weighted by Gasteiger charge is 2.05. The van der Waals surface area contributed by atoms with Crippen molar-refractivity contribution in [1.82, 2.24) is 9.97 Å². The van der Waals surface area contributed by atoms with Crippen LogP contribution in [0.1, 0.15) is 34.1 Å². The van der Waals surface area contributed by atoms with Crippen molar-refractivity contribution in [3.05, 3.63) is 18.3 Å². The van der Waals surface area contributed by atoms with Crippen molar-refractivity contribution in [3.63, 3.8) is 0 Å². The van der Waals surface area contributed by atoms with Crippen molar-refractivity contribution in [3.8, 4) is 0 Å². The Hall–Kier alpha value is -1.91. The molecule has 0 bridgehead atoms. The molecule has 98 valence electrons. The molecule has 0 aliphatic heterocycles. The number of nitrogens with zero attached hydrogens (tertiary/aromatic N) is 3. The van der Waals surface area contributed by atoms with Crippen LogP contribution < -0.4 is 11.5 Å². The first-order valence-electron chi connectivity index (χ1n) is 5.96. The van der Waals surface area contributed by atoms with E-state index in [9.17, 15) is 0 Å². The maximum Gasteiger partial charge on any atom is 0.251 e. The second-order valence-electron chi connectivity index (χ2n) is 5.17. The third kappa shape index (κ3) is 4.53. The molecule has 18 heavy (non-hydrogen) atoms. The minimum Gasteiger partial charge on any atom is -0.394 e. The quantitative estimate of drug-likeness (QED) is 0.803. The molecule has 0 aliphatic carbocycles. The van der Waals surface area contributed by atoms with Gasteiger partial charge in [0.15, 0.2) is 5.82 Å². The molecule has 5 heteroatoms. The Bertz CT molecular complexity index is 469. The summed E-state index contributed by atoms with van der Waals surface area (Å²) in [5.41, 5.74) is 12.6. The van der Waals surface area contributed by atoms with Crippen LogP contribution in [-0.2, 0) is 0 Å². The van der Waals surface area contributed by atoms with Crippen LogP contribution in [0.4, 0.5) is 17.5 Å². The Morgan fingerprint density at radius 1 is 1.39 bits per heavy atom. The molecular weight excluding hydrogens is 226 g/mol. The molecule has 1 rings (SSSR count). The molecule has 0 saturated carbocycles. The molecule has 0 aliphatic rings. The van der Waals surface area contributed by atoms with E-state index in [1.807, 2.05) is 13.0 Å². The van der Waals surface area contributed by atoms with Gasteiger partial charge in [0.25, 0.3) is 5.95 Å². The number of rotatable bonds is 3. The highest BCUT2D eigenvalue weighted by Crippen LogP contribution is 2.17. The SMILES string of the molecule is CCC(C=CC(C)(C)C)=Nc1ncc(N)c(N)n1. The van der Waals surface area contributed by atoms with Crippen LogP contribution >= 0.6 is 0 Å². The second-order valence-corrected chi connectivity index (χ2v) is 5.17. The van der Waals surface area contributed by atoms with E-state index in [1.54, 1.807) is 0 Å². The summed E-state index contributed by atoms with van der Waals surface area (Å²) in [5, 5.41) is 0. The van der Waals surface area contributed by atoms with E-state index in [4.69, 9.17) is 11.5 Å². The van der Waals surface area contributed by atoms with Gasteiger partial charge in [0.05, 0.1) is 11.9 Å². The van der Waals surface area contributed by atoms with E-state index in [1.165, 1.54) is 6.20 Å². The Morgan fingerprint density at radius 3 is 2.56 bits per heavy atom. The number of anilines is 2. The van der Waals surface area contributed by atoms with E-state index in [0.29, 0.717) is 11.6 Å². The smallest absolute Gasteiger partial charge is 0.251 e. The molecule has 0 fully saturated rings. The molecular formula is C13H21N5. The number of allylic oxidation sites excluding steroid dienone is 2. The summed E-state index contributed by atoms with van der Waals surface area (Å²) in [6.45, 7) is 8.43. The monoisotopic (exact) mass is 247 g/mol. The molecule has 0 radical (unpaired) electrons. The summed E-state index contributed by atoms with van der Waals surface area (Å²) in [4.78, 5) is 12.4. The van der Waals surface area contributed by atoms with Crippen molar-refractivity contribution in [2.24, 2.45) is 10.4 Å². The van der Waals surface area contributed by atoms with Gasteiger partial charge in [0, 0.05) is 5.71 Å². The number of aliphatic imine (C=N–C) groups is 1. The minimum atomic E-state index is 0.122. The van der Waals surface area contributed by atoms with Gasteiger partial charge in [0.2, 0.25) is 0 Å². The summed E-state index contributed by atoms with van der Waals surface area (Å²) in [6.07, 6.45) is 6.38. The van der Waals surface area contributed by atoms with Gasteiger partial charge >= 0.3 is 0 Å². The van der Waals surface area contributed by atoms with E-state index in [2.05, 4.69) is 41.8 Å². The van der Waals surface area contributed by atoms with Crippen LogP contribution in [0.15, 0.2) is 23.3 Å². The summed E-state index contributed by atoms with van der Waals surface area (Å²) < 4.78 is 0. The van der Waals surface area contributed by atoms with E-state index < -0.39 is 0 Å². The Morgan fingerprint density at radius 2 is 2.06 bits per heavy atom. The predicted octanol–water partition coefficient (Wildman–Crippen LogP) is 2.73. The minimum absolute atomic E-state index is 0.122. The average Bonchev–Trinajstić information content (AvgIpc) is 2.28. The zero-order valence-electron chi connectivity index (χ0n) is 11.4. The molecule has 0 saturated heterocycles. The van der Waals surface area contributed by atoms with Crippen LogP contribution in [0.3, 0.4) is 0 Å². The highest BCUT2D eigenvalue weighted by molar-refractivity contribution is 5.96. The maximum absolute atomic E-state index is 5.62. The van der Waals surface area contributed by atoms with Gasteiger partial charge in [0.1, 0.15) is 0 Å². The van der Waals surface area contributed by atoms with Crippen molar-refractivity contribution >= 4 is 23.2 Å². The first-order valence-corrected chi connectivity index (χ1v) is 5.96. The molecule has 1 heterocycles. The lowest BCUT2D eigenvalue weighted by atomic mass is 9.95. The number of nitrogen functional groups attached to an aromatic ring is 2. The number of nitrogens with two attached hydrogens (primary N) is 2. The molecule has 0 atom stereocenters. The Balaban J connectivity index is 2.97. The van der Waals surface area contributed by atoms with Gasteiger partial charge < -0.3 is 11.5 Å². The Labute approximate surface area is 108 Å². The van der Waals surface area contributed by atoms with Crippen molar-refractivity contribution in [2.45, 2.75) is 34.1 Å².